The average Bonchev–Trinajstić information content (AvgIpc) is 2.54. The Morgan fingerprint density at radius 2 is 1.35 bits per heavy atom. The van der Waals surface area contributed by atoms with Gasteiger partial charge in [0.05, 0.1) is 0 Å². The Bertz CT molecular complexity index is 758. The number of hydrogen-bond donors (Lipinski definition) is 1. The van der Waals surface area contributed by atoms with Gasteiger partial charge < -0.3 is 5.32 Å². The SMILES string of the molecule is CC(=O)C=C(Nc1c(F)c(F)c(F)c(F)c1F)c1ccccc1. The van der Waals surface area contributed by atoms with Crippen LogP contribution in [-0.2, 0) is 4.79 Å². The smallest absolute Gasteiger partial charge is 0.200 e. The Kier molecular flexibility index (Phi) is 4.78. The molecule has 2 nitrogen and oxygen atoms in total. The molecule has 1 N–H and O–H groups in total. The normalized spacial score (nSPS) is 11.5. The van der Waals surface area contributed by atoms with E-state index in [-0.39, 0.29) is 5.70 Å². The van der Waals surface area contributed by atoms with Crippen LogP contribution in [0.4, 0.5) is 27.6 Å². The second-order valence-corrected chi connectivity index (χ2v) is 4.60. The molecule has 0 unspecified atom stereocenters. The maximum atomic E-state index is 13.7. The van der Waals surface area contributed by atoms with Crippen LogP contribution >= 0.6 is 0 Å². The first-order chi connectivity index (χ1) is 10.8. The highest BCUT2D eigenvalue weighted by molar-refractivity contribution is 5.97. The second kappa shape index (κ2) is 6.60. The van der Waals surface area contributed by atoms with E-state index in [1.54, 1.807) is 18.2 Å². The number of carbonyl (C=O) groups excluding carboxylic acids is 1. The molecule has 2 aromatic rings. The fraction of sp³-hybridized carbons (Fsp3) is 0.0625. The third-order valence-electron chi connectivity index (χ3n) is 2.90. The van der Waals surface area contributed by atoms with Crippen LogP contribution in [0.3, 0.4) is 0 Å². The van der Waals surface area contributed by atoms with Crippen molar-refractivity contribution < 1.29 is 26.7 Å². The second-order valence-electron chi connectivity index (χ2n) is 4.60. The fourth-order valence-electron chi connectivity index (χ4n) is 1.86. The summed E-state index contributed by atoms with van der Waals surface area (Å²) in [5.41, 5.74) is -0.981. The van der Waals surface area contributed by atoms with Crippen LogP contribution in [0, 0.1) is 29.1 Å². The van der Waals surface area contributed by atoms with Gasteiger partial charge in [0.25, 0.3) is 0 Å². The molecule has 0 saturated carbocycles. The predicted molar refractivity (Wildman–Crippen MR) is 75.0 cm³/mol. The van der Waals surface area contributed by atoms with Gasteiger partial charge in [-0.25, -0.2) is 22.0 Å². The van der Waals surface area contributed by atoms with Gasteiger partial charge in [-0.2, -0.15) is 0 Å². The first kappa shape index (κ1) is 16.7. The molecule has 0 atom stereocenters. The van der Waals surface area contributed by atoms with E-state index in [1.165, 1.54) is 19.1 Å². The minimum Gasteiger partial charge on any atom is -0.350 e. The van der Waals surface area contributed by atoms with E-state index in [0.29, 0.717) is 5.56 Å². The van der Waals surface area contributed by atoms with E-state index in [9.17, 15) is 26.7 Å². The monoisotopic (exact) mass is 327 g/mol. The van der Waals surface area contributed by atoms with E-state index in [4.69, 9.17) is 0 Å². The van der Waals surface area contributed by atoms with Crippen LogP contribution in [0.25, 0.3) is 5.70 Å². The van der Waals surface area contributed by atoms with E-state index in [2.05, 4.69) is 5.32 Å². The number of carbonyl (C=O) groups is 1. The molecule has 2 rings (SSSR count). The Morgan fingerprint density at radius 1 is 0.870 bits per heavy atom. The lowest BCUT2D eigenvalue weighted by Crippen LogP contribution is -2.10. The van der Waals surface area contributed by atoms with Crippen molar-refractivity contribution in [2.24, 2.45) is 0 Å². The maximum absolute atomic E-state index is 13.7. The Labute approximate surface area is 128 Å². The van der Waals surface area contributed by atoms with Gasteiger partial charge in [-0.15, -0.1) is 0 Å². The molecule has 0 aliphatic rings. The van der Waals surface area contributed by atoms with Crippen LogP contribution < -0.4 is 5.32 Å². The van der Waals surface area contributed by atoms with Gasteiger partial charge in [0.2, 0.25) is 5.82 Å². The predicted octanol–water partition coefficient (Wildman–Crippen LogP) is 4.42. The molecule has 0 heterocycles. The van der Waals surface area contributed by atoms with Crippen molar-refractivity contribution >= 4 is 17.2 Å². The standard InChI is InChI=1S/C16H10F5NO/c1-8(23)7-10(9-5-3-2-4-6-9)22-16-14(20)12(18)11(17)13(19)15(16)21/h2-7,22H,1H3. The molecule has 23 heavy (non-hydrogen) atoms. The molecule has 0 spiro atoms. The van der Waals surface area contributed by atoms with Crippen molar-refractivity contribution in [1.82, 2.24) is 0 Å². The molecule has 2 aromatic carbocycles. The summed E-state index contributed by atoms with van der Waals surface area (Å²) >= 11 is 0. The lowest BCUT2D eigenvalue weighted by molar-refractivity contribution is -0.112. The summed E-state index contributed by atoms with van der Waals surface area (Å²) < 4.78 is 66.9. The quantitative estimate of drug-likeness (QED) is 0.390. The van der Waals surface area contributed by atoms with E-state index in [1.807, 2.05) is 0 Å². The number of rotatable bonds is 4. The van der Waals surface area contributed by atoms with E-state index < -0.39 is 40.6 Å². The molecule has 0 aromatic heterocycles. The number of anilines is 1. The molecule has 0 amide bonds. The number of halogens is 5. The molecule has 0 radical (unpaired) electrons. The van der Waals surface area contributed by atoms with Gasteiger partial charge in [-0.05, 0) is 12.5 Å². The summed E-state index contributed by atoms with van der Waals surface area (Å²) in [7, 11) is 0. The Balaban J connectivity index is 2.57. The lowest BCUT2D eigenvalue weighted by Gasteiger charge is -2.14. The zero-order valence-corrected chi connectivity index (χ0v) is 11.8. The van der Waals surface area contributed by atoms with Gasteiger partial charge in [0, 0.05) is 11.8 Å². The molecule has 0 saturated heterocycles. The summed E-state index contributed by atoms with van der Waals surface area (Å²) in [5, 5.41) is 2.12. The molecule has 0 aliphatic heterocycles. The molecule has 0 fully saturated rings. The third kappa shape index (κ3) is 3.39. The highest BCUT2D eigenvalue weighted by Crippen LogP contribution is 2.29. The Hall–Kier alpha value is -2.70. The Morgan fingerprint density at radius 3 is 1.83 bits per heavy atom. The first-order valence-electron chi connectivity index (χ1n) is 6.39. The number of hydrogen-bond acceptors (Lipinski definition) is 2. The van der Waals surface area contributed by atoms with Crippen molar-refractivity contribution in [3.8, 4) is 0 Å². The summed E-state index contributed by atoms with van der Waals surface area (Å²) in [6.07, 6.45) is 0.993. The van der Waals surface area contributed by atoms with Crippen molar-refractivity contribution in [3.63, 3.8) is 0 Å². The maximum Gasteiger partial charge on any atom is 0.200 e. The summed E-state index contributed by atoms with van der Waals surface area (Å²) in [4.78, 5) is 11.3. The largest absolute Gasteiger partial charge is 0.350 e. The van der Waals surface area contributed by atoms with Gasteiger partial charge in [-0.3, -0.25) is 4.79 Å². The van der Waals surface area contributed by atoms with Gasteiger partial charge >= 0.3 is 0 Å². The van der Waals surface area contributed by atoms with Crippen molar-refractivity contribution in [1.29, 1.82) is 0 Å². The minimum absolute atomic E-state index is 0.0960. The summed E-state index contributed by atoms with van der Waals surface area (Å²) in [6.45, 7) is 1.18. The van der Waals surface area contributed by atoms with Crippen LogP contribution in [0.5, 0.6) is 0 Å². The van der Waals surface area contributed by atoms with Crippen molar-refractivity contribution in [2.45, 2.75) is 6.92 Å². The van der Waals surface area contributed by atoms with Crippen LogP contribution in [0.15, 0.2) is 36.4 Å². The van der Waals surface area contributed by atoms with Crippen molar-refractivity contribution in [2.75, 3.05) is 5.32 Å². The number of allylic oxidation sites excluding steroid dienone is 1. The number of nitrogens with one attached hydrogen (secondary N) is 1. The molecular weight excluding hydrogens is 317 g/mol. The fourth-order valence-corrected chi connectivity index (χ4v) is 1.86. The summed E-state index contributed by atoms with van der Waals surface area (Å²) in [6, 6.07) is 7.85. The van der Waals surface area contributed by atoms with Crippen LogP contribution in [0.1, 0.15) is 12.5 Å². The average molecular weight is 327 g/mol. The van der Waals surface area contributed by atoms with Crippen LogP contribution in [-0.4, -0.2) is 5.78 Å². The van der Waals surface area contributed by atoms with Gasteiger partial charge in [-0.1, -0.05) is 30.3 Å². The van der Waals surface area contributed by atoms with Crippen LogP contribution in [0.2, 0.25) is 0 Å². The summed E-state index contributed by atoms with van der Waals surface area (Å²) in [5.74, 6) is -10.9. The molecule has 0 aliphatic carbocycles. The van der Waals surface area contributed by atoms with Gasteiger partial charge in [0.15, 0.2) is 29.1 Å². The number of ketones is 1. The molecule has 0 bridgehead atoms. The zero-order valence-electron chi connectivity index (χ0n) is 11.8. The van der Waals surface area contributed by atoms with E-state index in [0.717, 1.165) is 6.08 Å². The topological polar surface area (TPSA) is 29.1 Å². The molecular formula is C16H10F5NO. The van der Waals surface area contributed by atoms with Crippen molar-refractivity contribution in [3.05, 3.63) is 71.1 Å². The molecule has 120 valence electrons. The minimum atomic E-state index is -2.25. The first-order valence-corrected chi connectivity index (χ1v) is 6.39. The lowest BCUT2D eigenvalue weighted by atomic mass is 10.1. The number of benzene rings is 2. The highest BCUT2D eigenvalue weighted by Gasteiger charge is 2.26. The molecule has 7 heteroatoms. The highest BCUT2D eigenvalue weighted by atomic mass is 19.2. The van der Waals surface area contributed by atoms with E-state index >= 15 is 0 Å². The van der Waals surface area contributed by atoms with Gasteiger partial charge in [0.1, 0.15) is 5.69 Å². The third-order valence-corrected chi connectivity index (χ3v) is 2.90. The zero-order chi connectivity index (χ0) is 17.1.